The third kappa shape index (κ3) is 9.47. The van der Waals surface area contributed by atoms with Gasteiger partial charge in [0.1, 0.15) is 6.10 Å². The summed E-state index contributed by atoms with van der Waals surface area (Å²) in [6.45, 7) is 2.53. The molecule has 0 saturated carbocycles. The van der Waals surface area contributed by atoms with Gasteiger partial charge in [-0.05, 0) is 73.7 Å². The third-order valence-corrected chi connectivity index (χ3v) is 6.72. The van der Waals surface area contributed by atoms with Crippen molar-refractivity contribution in [2.75, 3.05) is 47.1 Å². The molecule has 1 aliphatic heterocycles. The number of ether oxygens (including phenoxy) is 3. The number of methoxy groups -OCH3 is 1. The van der Waals surface area contributed by atoms with Gasteiger partial charge in [0, 0.05) is 48.0 Å². The van der Waals surface area contributed by atoms with Crippen molar-refractivity contribution in [3.8, 4) is 0 Å². The van der Waals surface area contributed by atoms with Crippen molar-refractivity contribution in [2.24, 2.45) is 5.92 Å². The maximum Gasteiger partial charge on any atom is 0.406 e. The highest BCUT2D eigenvalue weighted by molar-refractivity contribution is 6.31. The van der Waals surface area contributed by atoms with Crippen LogP contribution in [-0.2, 0) is 14.2 Å². The molecule has 1 aliphatic rings. The Labute approximate surface area is 228 Å². The average molecular weight is 552 g/mol. The van der Waals surface area contributed by atoms with Crippen LogP contribution in [0, 0.1) is 5.92 Å². The number of carbonyl (C=O) groups excluding carboxylic acids is 2. The Kier molecular flexibility index (Phi) is 12.0. The van der Waals surface area contributed by atoms with E-state index in [1.54, 1.807) is 30.3 Å². The Morgan fingerprint density at radius 1 is 1.11 bits per heavy atom. The number of likely N-dealkylation sites (N-methyl/N-ethyl adjacent to an activating group) is 1. The maximum absolute atomic E-state index is 13.1. The molecule has 2 amide bonds. The van der Waals surface area contributed by atoms with Gasteiger partial charge in [0.15, 0.2) is 0 Å². The van der Waals surface area contributed by atoms with Gasteiger partial charge in [-0.1, -0.05) is 35.3 Å². The van der Waals surface area contributed by atoms with Crippen LogP contribution in [0.4, 0.5) is 4.79 Å². The number of carbonyl (C=O) groups is 2. The summed E-state index contributed by atoms with van der Waals surface area (Å²) in [5, 5.41) is 9.88. The zero-order valence-electron chi connectivity index (χ0n) is 21.2. The van der Waals surface area contributed by atoms with Crippen LogP contribution in [0.15, 0.2) is 42.5 Å². The van der Waals surface area contributed by atoms with E-state index in [0.717, 1.165) is 38.0 Å². The minimum absolute atomic E-state index is 0.138. The summed E-state index contributed by atoms with van der Waals surface area (Å²) in [5.41, 5.74) is 1.92. The molecule has 1 heterocycles. The number of rotatable bonds is 12. The van der Waals surface area contributed by atoms with E-state index in [1.807, 2.05) is 19.2 Å². The number of alkyl carbamates (subject to hydrolysis) is 1. The Balaban J connectivity index is 1.71. The van der Waals surface area contributed by atoms with Crippen molar-refractivity contribution in [1.29, 1.82) is 0 Å². The van der Waals surface area contributed by atoms with E-state index in [0.29, 0.717) is 33.6 Å². The maximum atomic E-state index is 13.1. The van der Waals surface area contributed by atoms with Gasteiger partial charge in [-0.25, -0.2) is 4.79 Å². The summed E-state index contributed by atoms with van der Waals surface area (Å²) < 4.78 is 16.3. The average Bonchev–Trinajstić information content (AvgIpc) is 2.90. The molecular formula is C27H35Cl2N3O5. The number of nitrogens with one attached hydrogen (secondary N) is 3. The Morgan fingerprint density at radius 2 is 1.92 bits per heavy atom. The van der Waals surface area contributed by atoms with Crippen molar-refractivity contribution >= 4 is 35.2 Å². The van der Waals surface area contributed by atoms with Crippen molar-refractivity contribution in [2.45, 2.75) is 31.4 Å². The molecular weight excluding hydrogens is 517 g/mol. The van der Waals surface area contributed by atoms with E-state index in [1.165, 1.54) is 7.11 Å². The number of hydrogen-bond donors (Lipinski definition) is 3. The third-order valence-electron chi connectivity index (χ3n) is 6.27. The molecule has 202 valence electrons. The monoisotopic (exact) mass is 551 g/mol. The Bertz CT molecular complexity index is 1030. The molecule has 3 N–H and O–H groups in total. The van der Waals surface area contributed by atoms with Crippen LogP contribution in [0.25, 0.3) is 0 Å². The second-order valence-corrected chi connectivity index (χ2v) is 9.88. The predicted octanol–water partition coefficient (Wildman–Crippen LogP) is 4.59. The lowest BCUT2D eigenvalue weighted by atomic mass is 9.94. The smallest absolute Gasteiger partial charge is 0.406 e. The van der Waals surface area contributed by atoms with Crippen molar-refractivity contribution in [3.63, 3.8) is 0 Å². The first-order valence-electron chi connectivity index (χ1n) is 12.4. The second kappa shape index (κ2) is 15.1. The molecule has 1 saturated heterocycles. The number of amides is 2. The fourth-order valence-electron chi connectivity index (χ4n) is 4.37. The molecule has 2 aromatic rings. The molecule has 1 fully saturated rings. The SMILES string of the molecule is CNC(CNC(=O)c1cc(Cl)cc([C@@H](OCCNC(=O)OC)c2cccc(Cl)c2)c1)CC1CCCOC1. The first-order chi connectivity index (χ1) is 17.9. The summed E-state index contributed by atoms with van der Waals surface area (Å²) >= 11 is 12.7. The molecule has 0 aliphatic carbocycles. The van der Waals surface area contributed by atoms with Crippen LogP contribution in [-0.4, -0.2) is 65.1 Å². The van der Waals surface area contributed by atoms with Crippen LogP contribution >= 0.6 is 23.2 Å². The highest BCUT2D eigenvalue weighted by atomic mass is 35.5. The first-order valence-corrected chi connectivity index (χ1v) is 13.2. The van der Waals surface area contributed by atoms with Crippen molar-refractivity contribution in [1.82, 2.24) is 16.0 Å². The first kappa shape index (κ1) is 29.2. The zero-order chi connectivity index (χ0) is 26.6. The van der Waals surface area contributed by atoms with E-state index in [2.05, 4.69) is 20.7 Å². The lowest BCUT2D eigenvalue weighted by molar-refractivity contribution is 0.0478. The minimum atomic E-state index is -0.556. The van der Waals surface area contributed by atoms with Gasteiger partial charge < -0.3 is 30.2 Å². The van der Waals surface area contributed by atoms with Gasteiger partial charge in [-0.2, -0.15) is 0 Å². The molecule has 37 heavy (non-hydrogen) atoms. The van der Waals surface area contributed by atoms with Gasteiger partial charge in [0.25, 0.3) is 5.91 Å². The van der Waals surface area contributed by atoms with Gasteiger partial charge in [-0.3, -0.25) is 4.79 Å². The Morgan fingerprint density at radius 3 is 2.62 bits per heavy atom. The number of hydrogen-bond acceptors (Lipinski definition) is 6. The normalized spacial score (nSPS) is 17.0. The highest BCUT2D eigenvalue weighted by Gasteiger charge is 2.21. The summed E-state index contributed by atoms with van der Waals surface area (Å²) in [4.78, 5) is 24.5. The molecule has 2 aromatic carbocycles. The highest BCUT2D eigenvalue weighted by Crippen LogP contribution is 2.30. The molecule has 0 bridgehead atoms. The van der Waals surface area contributed by atoms with Crippen LogP contribution < -0.4 is 16.0 Å². The summed E-state index contributed by atoms with van der Waals surface area (Å²) in [5.74, 6) is 0.270. The molecule has 0 aromatic heterocycles. The summed E-state index contributed by atoms with van der Waals surface area (Å²) in [6, 6.07) is 12.6. The molecule has 8 nitrogen and oxygen atoms in total. The molecule has 10 heteroatoms. The zero-order valence-corrected chi connectivity index (χ0v) is 22.7. The largest absolute Gasteiger partial charge is 0.453 e. The van der Waals surface area contributed by atoms with Gasteiger partial charge in [0.05, 0.1) is 13.7 Å². The number of benzene rings is 2. The molecule has 2 unspecified atom stereocenters. The van der Waals surface area contributed by atoms with Gasteiger partial charge in [0.2, 0.25) is 0 Å². The molecule has 0 radical (unpaired) electrons. The van der Waals surface area contributed by atoms with E-state index in [-0.39, 0.29) is 25.1 Å². The van der Waals surface area contributed by atoms with Crippen LogP contribution in [0.5, 0.6) is 0 Å². The lowest BCUT2D eigenvalue weighted by Gasteiger charge is -2.26. The molecule has 3 rings (SSSR count). The van der Waals surface area contributed by atoms with E-state index >= 15 is 0 Å². The van der Waals surface area contributed by atoms with Gasteiger partial charge in [-0.15, -0.1) is 0 Å². The second-order valence-electron chi connectivity index (χ2n) is 9.01. The fourth-order valence-corrected chi connectivity index (χ4v) is 4.81. The van der Waals surface area contributed by atoms with E-state index in [9.17, 15) is 9.59 Å². The summed E-state index contributed by atoms with van der Waals surface area (Å²) in [7, 11) is 3.20. The van der Waals surface area contributed by atoms with Crippen molar-refractivity contribution < 1.29 is 23.8 Å². The van der Waals surface area contributed by atoms with Crippen molar-refractivity contribution in [3.05, 3.63) is 69.2 Å². The predicted molar refractivity (Wildman–Crippen MR) is 144 cm³/mol. The van der Waals surface area contributed by atoms with Crippen LogP contribution in [0.2, 0.25) is 10.0 Å². The quantitative estimate of drug-likeness (QED) is 0.334. The molecule has 0 spiro atoms. The number of halogens is 2. The van der Waals surface area contributed by atoms with Crippen LogP contribution in [0.3, 0.4) is 0 Å². The van der Waals surface area contributed by atoms with E-state index < -0.39 is 12.2 Å². The Hall–Kier alpha value is -2.36. The molecule has 3 atom stereocenters. The van der Waals surface area contributed by atoms with Crippen LogP contribution in [0.1, 0.15) is 46.9 Å². The topological polar surface area (TPSA) is 97.9 Å². The van der Waals surface area contributed by atoms with Gasteiger partial charge >= 0.3 is 6.09 Å². The summed E-state index contributed by atoms with van der Waals surface area (Å²) in [6.07, 6.45) is 2.05. The lowest BCUT2D eigenvalue weighted by Crippen LogP contribution is -2.41. The fraction of sp³-hybridized carbons (Fsp3) is 0.481. The standard InChI is InChI=1S/C27H35Cl2N3O5/c1-30-24(11-18-5-4-9-36-17-18)16-32-26(33)21-12-20(14-23(29)15-21)25(19-6-3-7-22(28)13-19)37-10-8-31-27(34)35-2/h3,6-7,12-15,18,24-25,30H,4-5,8-11,16-17H2,1-2H3,(H,31,34)(H,32,33)/t18?,24?,25-/m0/s1. The minimum Gasteiger partial charge on any atom is -0.453 e. The van der Waals surface area contributed by atoms with E-state index in [4.69, 9.17) is 32.7 Å².